The van der Waals surface area contributed by atoms with Crippen molar-refractivity contribution in [2.45, 2.75) is 19.0 Å². The van der Waals surface area contributed by atoms with Crippen LogP contribution in [-0.2, 0) is 11.3 Å². The van der Waals surface area contributed by atoms with E-state index < -0.39 is 5.97 Å². The van der Waals surface area contributed by atoms with Crippen molar-refractivity contribution in [2.75, 3.05) is 0 Å². The molecule has 0 saturated carbocycles. The molecule has 0 aliphatic rings. The first-order valence-corrected chi connectivity index (χ1v) is 7.55. The Morgan fingerprint density at radius 1 is 1.32 bits per heavy atom. The Morgan fingerprint density at radius 2 is 2.05 bits per heavy atom. The summed E-state index contributed by atoms with van der Waals surface area (Å²) in [6, 6.07) is 11.8. The molecule has 2 N–H and O–H groups in total. The molecule has 1 aromatic carbocycles. The van der Waals surface area contributed by atoms with Crippen molar-refractivity contribution in [3.05, 3.63) is 56.7 Å². The van der Waals surface area contributed by atoms with E-state index in [9.17, 15) is 4.79 Å². The van der Waals surface area contributed by atoms with Crippen LogP contribution < -0.4 is 5.32 Å². The zero-order valence-corrected chi connectivity index (χ0v) is 12.6. The molecule has 0 bridgehead atoms. The number of thiophene rings is 1. The Bertz CT molecular complexity index is 525. The lowest BCUT2D eigenvalue weighted by molar-refractivity contribution is -0.137. The van der Waals surface area contributed by atoms with E-state index in [1.54, 1.807) is 11.3 Å². The summed E-state index contributed by atoms with van der Waals surface area (Å²) in [4.78, 5) is 12.0. The second-order valence-electron chi connectivity index (χ2n) is 4.17. The van der Waals surface area contributed by atoms with Gasteiger partial charge in [0.15, 0.2) is 0 Å². The molecule has 0 aliphatic carbocycles. The van der Waals surface area contributed by atoms with Crippen molar-refractivity contribution in [1.29, 1.82) is 0 Å². The van der Waals surface area contributed by atoms with Crippen molar-refractivity contribution in [1.82, 2.24) is 5.32 Å². The number of carboxylic acid groups (broad SMARTS) is 1. The largest absolute Gasteiger partial charge is 0.481 e. The van der Waals surface area contributed by atoms with E-state index in [2.05, 4.69) is 21.2 Å². The summed E-state index contributed by atoms with van der Waals surface area (Å²) in [6.45, 7) is 0.656. The highest BCUT2D eigenvalue weighted by Crippen LogP contribution is 2.22. The molecule has 1 heterocycles. The Morgan fingerprint density at radius 3 is 2.63 bits per heavy atom. The second-order valence-corrected chi connectivity index (χ2v) is 6.07. The minimum Gasteiger partial charge on any atom is -0.481 e. The number of halogens is 1. The molecule has 2 aromatic rings. The monoisotopic (exact) mass is 339 g/mol. The van der Waals surface area contributed by atoms with Gasteiger partial charge in [-0.05, 0) is 29.1 Å². The lowest BCUT2D eigenvalue weighted by Gasteiger charge is -2.15. The maximum atomic E-state index is 10.9. The van der Waals surface area contributed by atoms with Gasteiger partial charge in [-0.2, -0.15) is 0 Å². The summed E-state index contributed by atoms with van der Waals surface area (Å²) < 4.78 is 1.04. The zero-order chi connectivity index (χ0) is 13.7. The Balaban J connectivity index is 2.00. The third-order valence-corrected chi connectivity index (χ3v) is 4.25. The first-order valence-electron chi connectivity index (χ1n) is 5.88. The van der Waals surface area contributed by atoms with E-state index in [1.807, 2.05) is 41.8 Å². The molecule has 0 spiro atoms. The predicted molar refractivity (Wildman–Crippen MR) is 80.3 cm³/mol. The van der Waals surface area contributed by atoms with Gasteiger partial charge in [0.05, 0.1) is 12.5 Å². The van der Waals surface area contributed by atoms with Crippen LogP contribution in [0.4, 0.5) is 0 Å². The molecule has 1 aromatic heterocycles. The molecule has 1 unspecified atom stereocenters. The van der Waals surface area contributed by atoms with Crippen molar-refractivity contribution in [2.24, 2.45) is 0 Å². The second kappa shape index (κ2) is 6.84. The van der Waals surface area contributed by atoms with Gasteiger partial charge < -0.3 is 10.4 Å². The number of carboxylic acids is 1. The highest BCUT2D eigenvalue weighted by molar-refractivity contribution is 9.10. The Labute approximate surface area is 124 Å². The van der Waals surface area contributed by atoms with E-state index >= 15 is 0 Å². The molecule has 0 radical (unpaired) electrons. The van der Waals surface area contributed by atoms with Gasteiger partial charge in [-0.25, -0.2) is 0 Å². The Kier molecular flexibility index (Phi) is 5.13. The van der Waals surface area contributed by atoms with E-state index in [0.717, 1.165) is 14.9 Å². The summed E-state index contributed by atoms with van der Waals surface area (Å²) >= 11 is 4.97. The third kappa shape index (κ3) is 4.45. The highest BCUT2D eigenvalue weighted by atomic mass is 79.9. The van der Waals surface area contributed by atoms with Gasteiger partial charge in [-0.3, -0.25) is 4.79 Å². The molecule has 100 valence electrons. The predicted octanol–water partition coefficient (Wildman–Crippen LogP) is 3.82. The first-order chi connectivity index (χ1) is 9.15. The van der Waals surface area contributed by atoms with Crippen LogP contribution >= 0.6 is 27.3 Å². The molecule has 0 amide bonds. The summed E-state index contributed by atoms with van der Waals surface area (Å²) in [5.41, 5.74) is 1.13. The van der Waals surface area contributed by atoms with Gasteiger partial charge >= 0.3 is 5.97 Å². The molecule has 0 fully saturated rings. The fraction of sp³-hybridized carbons (Fsp3) is 0.214. The molecule has 1 atom stereocenters. The highest BCUT2D eigenvalue weighted by Gasteiger charge is 2.15. The molecule has 19 heavy (non-hydrogen) atoms. The van der Waals surface area contributed by atoms with Crippen LogP contribution in [0.25, 0.3) is 0 Å². The van der Waals surface area contributed by atoms with Crippen LogP contribution in [0.15, 0.2) is 46.3 Å². The fourth-order valence-electron chi connectivity index (χ4n) is 1.78. The number of carbonyl (C=O) groups is 1. The maximum Gasteiger partial charge on any atom is 0.305 e. The van der Waals surface area contributed by atoms with Gasteiger partial charge in [0.25, 0.3) is 0 Å². The van der Waals surface area contributed by atoms with Crippen molar-refractivity contribution < 1.29 is 9.90 Å². The number of rotatable bonds is 6. The smallest absolute Gasteiger partial charge is 0.305 e. The van der Waals surface area contributed by atoms with Gasteiger partial charge in [0, 0.05) is 15.9 Å². The van der Waals surface area contributed by atoms with Gasteiger partial charge in [0.1, 0.15) is 0 Å². The van der Waals surface area contributed by atoms with Gasteiger partial charge in [-0.15, -0.1) is 11.3 Å². The normalized spacial score (nSPS) is 12.3. The molecular formula is C14H14BrNO2S. The zero-order valence-electron chi connectivity index (χ0n) is 10.2. The van der Waals surface area contributed by atoms with Crippen LogP contribution in [0.5, 0.6) is 0 Å². The van der Waals surface area contributed by atoms with Gasteiger partial charge in [0.2, 0.25) is 0 Å². The van der Waals surface area contributed by atoms with E-state index in [0.29, 0.717) is 6.54 Å². The topological polar surface area (TPSA) is 49.3 Å². The SMILES string of the molecule is O=C(O)CC(NCc1ccc(Br)cc1)c1cccs1. The van der Waals surface area contributed by atoms with Gasteiger partial charge in [-0.1, -0.05) is 34.1 Å². The fourth-order valence-corrected chi connectivity index (χ4v) is 2.85. The lowest BCUT2D eigenvalue weighted by atomic mass is 10.1. The summed E-state index contributed by atoms with van der Waals surface area (Å²) in [6.07, 6.45) is 0.0943. The Hall–Kier alpha value is -1.17. The number of nitrogens with one attached hydrogen (secondary N) is 1. The first kappa shape index (κ1) is 14.2. The third-order valence-electron chi connectivity index (χ3n) is 2.73. The number of hydrogen-bond donors (Lipinski definition) is 2. The van der Waals surface area contributed by atoms with Crippen LogP contribution in [0, 0.1) is 0 Å². The van der Waals surface area contributed by atoms with Crippen molar-refractivity contribution in [3.8, 4) is 0 Å². The summed E-state index contributed by atoms with van der Waals surface area (Å²) in [7, 11) is 0. The lowest BCUT2D eigenvalue weighted by Crippen LogP contribution is -2.22. The molecule has 2 rings (SSSR count). The summed E-state index contributed by atoms with van der Waals surface area (Å²) in [5, 5.41) is 14.2. The average Bonchev–Trinajstić information content (AvgIpc) is 2.90. The molecule has 0 aliphatic heterocycles. The van der Waals surface area contributed by atoms with Crippen LogP contribution in [0.2, 0.25) is 0 Å². The molecule has 0 saturated heterocycles. The molecular weight excluding hydrogens is 326 g/mol. The molecule has 5 heteroatoms. The minimum absolute atomic E-state index is 0.0943. The van der Waals surface area contributed by atoms with Crippen molar-refractivity contribution in [3.63, 3.8) is 0 Å². The summed E-state index contributed by atoms with van der Waals surface area (Å²) in [5.74, 6) is -0.790. The van der Waals surface area contributed by atoms with E-state index in [4.69, 9.17) is 5.11 Å². The maximum absolute atomic E-state index is 10.9. The number of benzene rings is 1. The van der Waals surface area contributed by atoms with Crippen LogP contribution in [-0.4, -0.2) is 11.1 Å². The number of aliphatic carboxylic acids is 1. The standard InChI is InChI=1S/C14H14BrNO2S/c15-11-5-3-10(4-6-11)9-16-12(8-14(17)18)13-2-1-7-19-13/h1-7,12,16H,8-9H2,(H,17,18). The number of hydrogen-bond acceptors (Lipinski definition) is 3. The van der Waals surface area contributed by atoms with Crippen molar-refractivity contribution >= 4 is 33.2 Å². The van der Waals surface area contributed by atoms with E-state index in [1.165, 1.54) is 0 Å². The molecule has 3 nitrogen and oxygen atoms in total. The van der Waals surface area contributed by atoms with E-state index in [-0.39, 0.29) is 12.5 Å². The minimum atomic E-state index is -0.790. The quantitative estimate of drug-likeness (QED) is 0.841. The van der Waals surface area contributed by atoms with Crippen LogP contribution in [0.1, 0.15) is 22.9 Å². The van der Waals surface area contributed by atoms with Crippen LogP contribution in [0.3, 0.4) is 0 Å². The average molecular weight is 340 g/mol.